The molecule has 0 aliphatic heterocycles. The Labute approximate surface area is 107 Å². The van der Waals surface area contributed by atoms with Gasteiger partial charge in [-0.05, 0) is 39.0 Å². The summed E-state index contributed by atoms with van der Waals surface area (Å²) < 4.78 is 0. The first-order valence-electron chi connectivity index (χ1n) is 5.87. The summed E-state index contributed by atoms with van der Waals surface area (Å²) >= 11 is 0. The summed E-state index contributed by atoms with van der Waals surface area (Å²) in [5, 5.41) is 5.43. The lowest BCUT2D eigenvalue weighted by Gasteiger charge is -2.11. The van der Waals surface area contributed by atoms with E-state index in [9.17, 15) is 9.59 Å². The highest BCUT2D eigenvalue weighted by Crippen LogP contribution is 2.11. The van der Waals surface area contributed by atoms with Crippen molar-refractivity contribution in [2.24, 2.45) is 5.73 Å². The second-order valence-corrected chi connectivity index (χ2v) is 4.49. The first-order valence-corrected chi connectivity index (χ1v) is 5.87. The van der Waals surface area contributed by atoms with Gasteiger partial charge >= 0.3 is 0 Å². The van der Waals surface area contributed by atoms with Crippen LogP contribution in [0.25, 0.3) is 0 Å². The molecular weight excluding hydrogens is 230 g/mol. The smallest absolute Gasteiger partial charge is 0.251 e. The third-order valence-electron chi connectivity index (χ3n) is 2.23. The van der Waals surface area contributed by atoms with E-state index in [4.69, 9.17) is 5.73 Å². The molecule has 5 heteroatoms. The van der Waals surface area contributed by atoms with Gasteiger partial charge in [-0.3, -0.25) is 9.59 Å². The molecule has 0 spiro atoms. The highest BCUT2D eigenvalue weighted by atomic mass is 16.2. The Balaban J connectivity index is 2.79. The number of nitrogens with two attached hydrogens (primary N) is 1. The normalized spacial score (nSPS) is 12.1. The molecule has 0 unspecified atom stereocenters. The SMILES string of the molecule is CC(C)NC(=O)c1cccc(NC(=O)[C@@H](C)N)c1. The van der Waals surface area contributed by atoms with E-state index < -0.39 is 6.04 Å². The van der Waals surface area contributed by atoms with Gasteiger partial charge in [0.05, 0.1) is 6.04 Å². The number of carbonyl (C=O) groups is 2. The predicted molar refractivity (Wildman–Crippen MR) is 71.3 cm³/mol. The Morgan fingerprint density at radius 1 is 1.22 bits per heavy atom. The van der Waals surface area contributed by atoms with Gasteiger partial charge in [0.25, 0.3) is 5.91 Å². The fraction of sp³-hybridized carbons (Fsp3) is 0.385. The van der Waals surface area contributed by atoms with E-state index in [2.05, 4.69) is 10.6 Å². The maximum absolute atomic E-state index is 11.8. The van der Waals surface area contributed by atoms with E-state index >= 15 is 0 Å². The number of amides is 2. The van der Waals surface area contributed by atoms with E-state index in [0.29, 0.717) is 11.3 Å². The van der Waals surface area contributed by atoms with Gasteiger partial charge < -0.3 is 16.4 Å². The first kappa shape index (κ1) is 14.2. The van der Waals surface area contributed by atoms with Crippen LogP contribution in [0.1, 0.15) is 31.1 Å². The third kappa shape index (κ3) is 4.18. The van der Waals surface area contributed by atoms with Gasteiger partial charge in [0.1, 0.15) is 0 Å². The molecule has 0 radical (unpaired) electrons. The van der Waals surface area contributed by atoms with E-state index in [0.717, 1.165) is 0 Å². The molecule has 4 N–H and O–H groups in total. The molecule has 0 saturated heterocycles. The molecule has 0 aliphatic carbocycles. The average molecular weight is 249 g/mol. The summed E-state index contributed by atoms with van der Waals surface area (Å²) in [5.41, 5.74) is 6.53. The van der Waals surface area contributed by atoms with Gasteiger partial charge in [-0.25, -0.2) is 0 Å². The maximum atomic E-state index is 11.8. The Morgan fingerprint density at radius 2 is 1.89 bits per heavy atom. The predicted octanol–water partition coefficient (Wildman–Crippen LogP) is 1.11. The minimum Gasteiger partial charge on any atom is -0.350 e. The monoisotopic (exact) mass is 249 g/mol. The molecule has 1 aromatic carbocycles. The van der Waals surface area contributed by atoms with Crippen LogP contribution in [-0.4, -0.2) is 23.9 Å². The van der Waals surface area contributed by atoms with Crippen molar-refractivity contribution >= 4 is 17.5 Å². The number of nitrogens with one attached hydrogen (secondary N) is 2. The number of benzene rings is 1. The summed E-state index contributed by atoms with van der Waals surface area (Å²) in [6.45, 7) is 5.38. The Hall–Kier alpha value is -1.88. The molecule has 0 saturated carbocycles. The highest BCUT2D eigenvalue weighted by Gasteiger charge is 2.10. The summed E-state index contributed by atoms with van der Waals surface area (Å²) in [6, 6.07) is 6.23. The van der Waals surface area contributed by atoms with E-state index in [-0.39, 0.29) is 17.9 Å². The maximum Gasteiger partial charge on any atom is 0.251 e. The van der Waals surface area contributed by atoms with E-state index in [1.165, 1.54) is 0 Å². The molecule has 1 aromatic rings. The lowest BCUT2D eigenvalue weighted by molar-refractivity contribution is -0.117. The molecule has 1 rings (SSSR count). The fourth-order valence-electron chi connectivity index (χ4n) is 1.34. The van der Waals surface area contributed by atoms with Crippen molar-refractivity contribution in [1.82, 2.24) is 5.32 Å². The molecular formula is C13H19N3O2. The number of hydrogen-bond acceptors (Lipinski definition) is 3. The molecule has 0 fully saturated rings. The van der Waals surface area contributed by atoms with Crippen molar-refractivity contribution in [1.29, 1.82) is 0 Å². The van der Waals surface area contributed by atoms with Crippen molar-refractivity contribution in [2.45, 2.75) is 32.9 Å². The van der Waals surface area contributed by atoms with Crippen LogP contribution in [0.3, 0.4) is 0 Å². The van der Waals surface area contributed by atoms with Gasteiger partial charge in [-0.1, -0.05) is 6.07 Å². The zero-order chi connectivity index (χ0) is 13.7. The van der Waals surface area contributed by atoms with Crippen LogP contribution < -0.4 is 16.4 Å². The number of rotatable bonds is 4. The quantitative estimate of drug-likeness (QED) is 0.747. The Kier molecular flexibility index (Phi) is 4.85. The summed E-state index contributed by atoms with van der Waals surface area (Å²) in [6.07, 6.45) is 0. The van der Waals surface area contributed by atoms with Gasteiger partial charge in [0, 0.05) is 17.3 Å². The molecule has 18 heavy (non-hydrogen) atoms. The largest absolute Gasteiger partial charge is 0.350 e. The summed E-state index contributed by atoms with van der Waals surface area (Å²) in [4.78, 5) is 23.2. The van der Waals surface area contributed by atoms with Gasteiger partial charge in [-0.2, -0.15) is 0 Å². The van der Waals surface area contributed by atoms with Crippen LogP contribution in [0.5, 0.6) is 0 Å². The van der Waals surface area contributed by atoms with Crippen LogP contribution in [-0.2, 0) is 4.79 Å². The standard InChI is InChI=1S/C13H19N3O2/c1-8(2)15-13(18)10-5-4-6-11(7-10)16-12(17)9(3)14/h4-9H,14H2,1-3H3,(H,15,18)(H,16,17)/t9-/m1/s1. The minimum atomic E-state index is -0.585. The molecule has 5 nitrogen and oxygen atoms in total. The van der Waals surface area contributed by atoms with Crippen molar-refractivity contribution < 1.29 is 9.59 Å². The van der Waals surface area contributed by atoms with Crippen molar-refractivity contribution in [3.8, 4) is 0 Å². The molecule has 98 valence electrons. The number of hydrogen-bond donors (Lipinski definition) is 3. The molecule has 0 bridgehead atoms. The van der Waals surface area contributed by atoms with Crippen LogP contribution in [0.4, 0.5) is 5.69 Å². The van der Waals surface area contributed by atoms with Crippen LogP contribution in [0.2, 0.25) is 0 Å². The molecule has 0 aliphatic rings. The first-order chi connectivity index (χ1) is 8.40. The summed E-state index contributed by atoms with van der Waals surface area (Å²) in [5.74, 6) is -0.446. The van der Waals surface area contributed by atoms with Gasteiger partial charge in [0.2, 0.25) is 5.91 Å². The van der Waals surface area contributed by atoms with Crippen LogP contribution in [0.15, 0.2) is 24.3 Å². The Bertz CT molecular complexity index is 442. The van der Waals surface area contributed by atoms with Gasteiger partial charge in [-0.15, -0.1) is 0 Å². The lowest BCUT2D eigenvalue weighted by atomic mass is 10.1. The molecule has 1 atom stereocenters. The highest BCUT2D eigenvalue weighted by molar-refractivity contribution is 5.98. The van der Waals surface area contributed by atoms with Crippen LogP contribution in [0, 0.1) is 0 Å². The molecule has 0 heterocycles. The third-order valence-corrected chi connectivity index (χ3v) is 2.23. The molecule has 0 aromatic heterocycles. The average Bonchev–Trinajstić information content (AvgIpc) is 2.28. The van der Waals surface area contributed by atoms with E-state index in [1.54, 1.807) is 31.2 Å². The molecule has 2 amide bonds. The number of carbonyl (C=O) groups excluding carboxylic acids is 2. The summed E-state index contributed by atoms with van der Waals surface area (Å²) in [7, 11) is 0. The van der Waals surface area contributed by atoms with Crippen molar-refractivity contribution in [3.05, 3.63) is 29.8 Å². The number of anilines is 1. The second-order valence-electron chi connectivity index (χ2n) is 4.49. The zero-order valence-corrected chi connectivity index (χ0v) is 10.9. The van der Waals surface area contributed by atoms with Crippen molar-refractivity contribution in [3.63, 3.8) is 0 Å². The Morgan fingerprint density at radius 3 is 2.44 bits per heavy atom. The second kappa shape index (κ2) is 6.16. The fourth-order valence-corrected chi connectivity index (χ4v) is 1.34. The lowest BCUT2D eigenvalue weighted by Crippen LogP contribution is -2.33. The zero-order valence-electron chi connectivity index (χ0n) is 10.9. The van der Waals surface area contributed by atoms with Crippen molar-refractivity contribution in [2.75, 3.05) is 5.32 Å². The topological polar surface area (TPSA) is 84.2 Å². The van der Waals surface area contributed by atoms with Gasteiger partial charge in [0.15, 0.2) is 0 Å². The minimum absolute atomic E-state index is 0.0693. The van der Waals surface area contributed by atoms with E-state index in [1.807, 2.05) is 13.8 Å². The van der Waals surface area contributed by atoms with Crippen LogP contribution >= 0.6 is 0 Å².